The second-order valence-electron chi connectivity index (χ2n) is 5.72. The molecule has 3 atom stereocenters. The lowest BCUT2D eigenvalue weighted by Gasteiger charge is -2.41. The summed E-state index contributed by atoms with van der Waals surface area (Å²) in [5.74, 6) is -0.509. The van der Waals surface area contributed by atoms with Gasteiger partial charge in [-0.1, -0.05) is 20.8 Å². The van der Waals surface area contributed by atoms with Gasteiger partial charge in [0, 0.05) is 6.04 Å². The van der Waals surface area contributed by atoms with E-state index in [2.05, 4.69) is 26.1 Å². The fraction of sp³-hybridized carbons (Fsp3) is 0.917. The van der Waals surface area contributed by atoms with Gasteiger partial charge in [-0.25, -0.2) is 0 Å². The van der Waals surface area contributed by atoms with Gasteiger partial charge < -0.3 is 10.4 Å². The van der Waals surface area contributed by atoms with Gasteiger partial charge in [0.25, 0.3) is 0 Å². The van der Waals surface area contributed by atoms with E-state index in [0.29, 0.717) is 12.0 Å². The molecule has 15 heavy (non-hydrogen) atoms. The molecule has 0 aliphatic heterocycles. The summed E-state index contributed by atoms with van der Waals surface area (Å²) < 4.78 is 0. The predicted molar refractivity (Wildman–Crippen MR) is 60.8 cm³/mol. The number of carbonyl (C=O) groups is 1. The molecule has 0 amide bonds. The molecule has 2 N–H and O–H groups in total. The molecule has 0 saturated heterocycles. The molecule has 0 aromatic carbocycles. The van der Waals surface area contributed by atoms with Crippen molar-refractivity contribution >= 4 is 5.97 Å². The monoisotopic (exact) mass is 213 g/mol. The Labute approximate surface area is 92.3 Å². The van der Waals surface area contributed by atoms with Crippen LogP contribution >= 0.6 is 0 Å². The Kier molecular flexibility index (Phi) is 3.77. The van der Waals surface area contributed by atoms with E-state index in [0.717, 1.165) is 19.3 Å². The molecule has 3 nitrogen and oxygen atoms in total. The van der Waals surface area contributed by atoms with Crippen LogP contribution in [0.25, 0.3) is 0 Å². The lowest BCUT2D eigenvalue weighted by molar-refractivity contribution is -0.147. The summed E-state index contributed by atoms with van der Waals surface area (Å²) in [6, 6.07) is 0.379. The third-order valence-corrected chi connectivity index (χ3v) is 3.69. The SMILES string of the molecule is CNC1CCC(C(C)(C)C)C(C(=O)O)C1. The highest BCUT2D eigenvalue weighted by Gasteiger charge is 2.40. The van der Waals surface area contributed by atoms with E-state index < -0.39 is 5.97 Å². The minimum Gasteiger partial charge on any atom is -0.481 e. The molecule has 1 saturated carbocycles. The van der Waals surface area contributed by atoms with Gasteiger partial charge in [0.05, 0.1) is 5.92 Å². The first-order chi connectivity index (χ1) is 6.86. The van der Waals surface area contributed by atoms with Crippen molar-refractivity contribution in [3.05, 3.63) is 0 Å². The van der Waals surface area contributed by atoms with E-state index in [1.165, 1.54) is 0 Å². The Morgan fingerprint density at radius 3 is 2.33 bits per heavy atom. The van der Waals surface area contributed by atoms with Crippen LogP contribution < -0.4 is 5.32 Å². The first-order valence-corrected chi connectivity index (χ1v) is 5.76. The second kappa shape index (κ2) is 4.52. The Morgan fingerprint density at radius 2 is 1.93 bits per heavy atom. The molecule has 3 unspecified atom stereocenters. The van der Waals surface area contributed by atoms with E-state index in [1.54, 1.807) is 0 Å². The molecule has 1 aliphatic carbocycles. The predicted octanol–water partition coefficient (Wildman–Crippen LogP) is 2.12. The number of carboxylic acids is 1. The van der Waals surface area contributed by atoms with Crippen LogP contribution in [0.15, 0.2) is 0 Å². The summed E-state index contributed by atoms with van der Waals surface area (Å²) in [5.41, 5.74) is 0.0990. The highest BCUT2D eigenvalue weighted by molar-refractivity contribution is 5.70. The van der Waals surface area contributed by atoms with Gasteiger partial charge in [-0.15, -0.1) is 0 Å². The second-order valence-corrected chi connectivity index (χ2v) is 5.72. The average molecular weight is 213 g/mol. The molecule has 0 aromatic rings. The van der Waals surface area contributed by atoms with E-state index in [-0.39, 0.29) is 11.3 Å². The average Bonchev–Trinajstić information content (AvgIpc) is 2.15. The molecule has 0 bridgehead atoms. The van der Waals surface area contributed by atoms with Crippen LogP contribution in [-0.4, -0.2) is 24.2 Å². The van der Waals surface area contributed by atoms with Crippen molar-refractivity contribution in [1.29, 1.82) is 0 Å². The molecule has 88 valence electrons. The van der Waals surface area contributed by atoms with E-state index in [1.807, 2.05) is 7.05 Å². The number of carboxylic acid groups (broad SMARTS) is 1. The summed E-state index contributed by atoms with van der Waals surface area (Å²) in [5, 5.41) is 12.5. The highest BCUT2D eigenvalue weighted by atomic mass is 16.4. The smallest absolute Gasteiger partial charge is 0.306 e. The zero-order chi connectivity index (χ0) is 11.6. The Hall–Kier alpha value is -0.570. The fourth-order valence-corrected chi connectivity index (χ4v) is 2.74. The third-order valence-electron chi connectivity index (χ3n) is 3.69. The molecule has 0 spiro atoms. The number of hydrogen-bond donors (Lipinski definition) is 2. The van der Waals surface area contributed by atoms with Crippen LogP contribution in [0.4, 0.5) is 0 Å². The van der Waals surface area contributed by atoms with Crippen molar-refractivity contribution in [2.24, 2.45) is 17.3 Å². The van der Waals surface area contributed by atoms with Crippen LogP contribution in [0.3, 0.4) is 0 Å². The zero-order valence-electron chi connectivity index (χ0n) is 10.2. The van der Waals surface area contributed by atoms with Gasteiger partial charge in [0.1, 0.15) is 0 Å². The lowest BCUT2D eigenvalue weighted by Crippen LogP contribution is -2.43. The largest absolute Gasteiger partial charge is 0.481 e. The maximum Gasteiger partial charge on any atom is 0.306 e. The number of nitrogens with one attached hydrogen (secondary N) is 1. The Balaban J connectivity index is 2.76. The minimum absolute atomic E-state index is 0.0990. The van der Waals surface area contributed by atoms with Gasteiger partial charge in [-0.3, -0.25) is 4.79 Å². The van der Waals surface area contributed by atoms with Crippen LogP contribution in [0.1, 0.15) is 40.0 Å². The topological polar surface area (TPSA) is 49.3 Å². The minimum atomic E-state index is -0.630. The Bertz CT molecular complexity index is 232. The van der Waals surface area contributed by atoms with E-state index >= 15 is 0 Å². The standard InChI is InChI=1S/C12H23NO2/c1-12(2,3)10-6-5-8(13-4)7-9(10)11(14)15/h8-10,13H,5-7H2,1-4H3,(H,14,15). The summed E-state index contributed by atoms with van der Waals surface area (Å²) >= 11 is 0. The van der Waals surface area contributed by atoms with Crippen molar-refractivity contribution in [2.75, 3.05) is 7.05 Å². The number of rotatable bonds is 2. The van der Waals surface area contributed by atoms with Gasteiger partial charge >= 0.3 is 5.97 Å². The molecule has 1 aliphatic rings. The molecule has 3 heteroatoms. The maximum absolute atomic E-state index is 11.2. The van der Waals surface area contributed by atoms with Gasteiger partial charge in [-0.2, -0.15) is 0 Å². The molecule has 1 fully saturated rings. The highest BCUT2D eigenvalue weighted by Crippen LogP contribution is 2.41. The number of aliphatic carboxylic acids is 1. The molecular weight excluding hydrogens is 190 g/mol. The molecule has 0 heterocycles. The van der Waals surface area contributed by atoms with Crippen LogP contribution in [0.2, 0.25) is 0 Å². The summed E-state index contributed by atoms with van der Waals surface area (Å²) in [6.07, 6.45) is 2.89. The molecule has 0 aromatic heterocycles. The van der Waals surface area contributed by atoms with Crippen LogP contribution in [0, 0.1) is 17.3 Å². The number of hydrogen-bond acceptors (Lipinski definition) is 2. The molecule has 1 rings (SSSR count). The van der Waals surface area contributed by atoms with E-state index in [4.69, 9.17) is 0 Å². The van der Waals surface area contributed by atoms with Crippen molar-refractivity contribution in [3.8, 4) is 0 Å². The van der Waals surface area contributed by atoms with Crippen LogP contribution in [0.5, 0.6) is 0 Å². The van der Waals surface area contributed by atoms with Crippen molar-refractivity contribution in [2.45, 2.75) is 46.1 Å². The first kappa shape index (κ1) is 12.5. The van der Waals surface area contributed by atoms with Gasteiger partial charge in [0.15, 0.2) is 0 Å². The van der Waals surface area contributed by atoms with Crippen molar-refractivity contribution in [1.82, 2.24) is 5.32 Å². The lowest BCUT2D eigenvalue weighted by atomic mass is 9.65. The van der Waals surface area contributed by atoms with Crippen molar-refractivity contribution < 1.29 is 9.90 Å². The molecular formula is C12H23NO2. The quantitative estimate of drug-likeness (QED) is 0.738. The van der Waals surface area contributed by atoms with Crippen molar-refractivity contribution in [3.63, 3.8) is 0 Å². The van der Waals surface area contributed by atoms with Crippen LogP contribution in [-0.2, 0) is 4.79 Å². The summed E-state index contributed by atoms with van der Waals surface area (Å²) in [4.78, 5) is 11.2. The third kappa shape index (κ3) is 2.94. The Morgan fingerprint density at radius 1 is 1.33 bits per heavy atom. The normalized spacial score (nSPS) is 32.7. The van der Waals surface area contributed by atoms with Gasteiger partial charge in [-0.05, 0) is 37.6 Å². The summed E-state index contributed by atoms with van der Waals surface area (Å²) in [7, 11) is 1.92. The zero-order valence-corrected chi connectivity index (χ0v) is 10.2. The summed E-state index contributed by atoms with van der Waals surface area (Å²) in [6.45, 7) is 6.44. The van der Waals surface area contributed by atoms with Gasteiger partial charge in [0.2, 0.25) is 0 Å². The maximum atomic E-state index is 11.2. The van der Waals surface area contributed by atoms with E-state index in [9.17, 15) is 9.90 Å². The first-order valence-electron chi connectivity index (χ1n) is 5.76. The fourth-order valence-electron chi connectivity index (χ4n) is 2.74. The molecule has 0 radical (unpaired) electrons.